The van der Waals surface area contributed by atoms with E-state index in [1.165, 1.54) is 6.42 Å². The van der Waals surface area contributed by atoms with Crippen molar-refractivity contribution in [1.29, 1.82) is 0 Å². The molecule has 2 bridgehead atoms. The van der Waals surface area contributed by atoms with Gasteiger partial charge in [-0.15, -0.1) is 0 Å². The third-order valence-electron chi connectivity index (χ3n) is 8.89. The summed E-state index contributed by atoms with van der Waals surface area (Å²) in [6.07, 6.45) is 5.70. The fourth-order valence-electron chi connectivity index (χ4n) is 7.31. The first-order valence-corrected chi connectivity index (χ1v) is 15.0. The van der Waals surface area contributed by atoms with Crippen LogP contribution >= 0.6 is 15.9 Å². The number of ether oxygens (including phenoxy) is 1. The zero-order valence-electron chi connectivity index (χ0n) is 22.3. The molecule has 1 aromatic carbocycles. The lowest BCUT2D eigenvalue weighted by Gasteiger charge is -2.38. The van der Waals surface area contributed by atoms with Crippen molar-refractivity contribution in [2.75, 3.05) is 6.61 Å². The van der Waals surface area contributed by atoms with Gasteiger partial charge in [-0.2, -0.15) is 0 Å². The van der Waals surface area contributed by atoms with Crippen LogP contribution in [0.1, 0.15) is 64.4 Å². The van der Waals surface area contributed by atoms with E-state index in [1.807, 2.05) is 44.2 Å². The summed E-state index contributed by atoms with van der Waals surface area (Å²) in [5, 5.41) is 16.6. The lowest BCUT2D eigenvalue weighted by molar-refractivity contribution is -0.146. The number of rotatable bonds is 9. The first-order valence-electron chi connectivity index (χ1n) is 14.1. The Kier molecular flexibility index (Phi) is 8.17. The quantitative estimate of drug-likeness (QED) is 0.384. The summed E-state index contributed by atoms with van der Waals surface area (Å²) in [7, 11) is 0. The van der Waals surface area contributed by atoms with Gasteiger partial charge in [-0.3, -0.25) is 14.4 Å². The van der Waals surface area contributed by atoms with Crippen LogP contribution in [-0.4, -0.2) is 69.0 Å². The summed E-state index contributed by atoms with van der Waals surface area (Å²) in [4.78, 5) is 43.3. The fourth-order valence-corrected chi connectivity index (χ4v) is 8.25. The predicted molar refractivity (Wildman–Crippen MR) is 146 cm³/mol. The van der Waals surface area contributed by atoms with E-state index >= 15 is 0 Å². The van der Waals surface area contributed by atoms with Crippen molar-refractivity contribution in [1.82, 2.24) is 15.5 Å². The molecular weight excluding hydrogens is 550 g/mol. The molecule has 3 N–H and O–H groups in total. The Labute approximate surface area is 233 Å². The number of hydrogen-bond donors (Lipinski definition) is 3. The zero-order valence-corrected chi connectivity index (χ0v) is 23.9. The third-order valence-corrected chi connectivity index (χ3v) is 9.73. The molecule has 3 aliphatic heterocycles. The van der Waals surface area contributed by atoms with Crippen LogP contribution in [0, 0.1) is 17.8 Å². The van der Waals surface area contributed by atoms with Gasteiger partial charge < -0.3 is 25.4 Å². The van der Waals surface area contributed by atoms with Gasteiger partial charge in [-0.05, 0) is 37.2 Å². The molecule has 4 aliphatic rings. The molecule has 5 rings (SSSR count). The van der Waals surface area contributed by atoms with Gasteiger partial charge in [0, 0.05) is 17.4 Å². The van der Waals surface area contributed by atoms with Crippen molar-refractivity contribution in [3.8, 4) is 0 Å². The normalized spacial score (nSPS) is 33.4. The smallest absolute Gasteiger partial charge is 0.246 e. The second-order valence-corrected chi connectivity index (χ2v) is 13.1. The Morgan fingerprint density at radius 2 is 1.87 bits per heavy atom. The topological polar surface area (TPSA) is 108 Å². The number of aliphatic hydroxyl groups excluding tert-OH is 1. The van der Waals surface area contributed by atoms with Crippen LogP contribution in [0.2, 0.25) is 0 Å². The molecule has 0 aromatic heterocycles. The molecule has 3 amide bonds. The van der Waals surface area contributed by atoms with Crippen LogP contribution in [0.3, 0.4) is 0 Å². The summed E-state index contributed by atoms with van der Waals surface area (Å²) in [6.45, 7) is 4.18. The number of nitrogens with zero attached hydrogens (tertiary/aromatic N) is 1. The first-order chi connectivity index (χ1) is 18.3. The van der Waals surface area contributed by atoms with Crippen molar-refractivity contribution in [2.45, 2.75) is 100.0 Å². The van der Waals surface area contributed by atoms with Crippen LogP contribution in [0.5, 0.6) is 0 Å². The number of nitrogens with one attached hydrogen (secondary N) is 2. The molecule has 9 heteroatoms. The minimum absolute atomic E-state index is 0.0738. The maximum atomic E-state index is 14.2. The molecule has 8 nitrogen and oxygen atoms in total. The first kappa shape index (κ1) is 27.6. The molecule has 3 heterocycles. The Morgan fingerprint density at radius 3 is 2.53 bits per heavy atom. The van der Waals surface area contributed by atoms with Gasteiger partial charge in [-0.25, -0.2) is 0 Å². The Bertz CT molecular complexity index is 1030. The van der Waals surface area contributed by atoms with Gasteiger partial charge >= 0.3 is 0 Å². The maximum Gasteiger partial charge on any atom is 0.246 e. The zero-order chi connectivity index (χ0) is 27.0. The molecule has 208 valence electrons. The molecule has 1 saturated carbocycles. The highest BCUT2D eigenvalue weighted by Gasteiger charge is 2.77. The van der Waals surface area contributed by atoms with Gasteiger partial charge in [0.15, 0.2) is 0 Å². The number of benzene rings is 1. The number of likely N-dealkylation sites (tertiary alicyclic amines) is 1. The number of amides is 3. The number of halogens is 1. The highest BCUT2D eigenvalue weighted by atomic mass is 79.9. The van der Waals surface area contributed by atoms with Gasteiger partial charge in [0.25, 0.3) is 0 Å². The number of hydrogen-bond acceptors (Lipinski definition) is 5. The number of carbonyl (C=O) groups is 3. The Hall–Kier alpha value is -1.97. The SMILES string of the molecule is CC(C)C[C@H](CO)N1C(=O)[C@@H]2[C@H](C(=O)NCc3ccccc3)[C@H]3OC2(CC3Br)C1C(=O)NC1CCCCC1. The van der Waals surface area contributed by atoms with Crippen LogP contribution in [0.15, 0.2) is 30.3 Å². The molecule has 1 spiro atoms. The van der Waals surface area contributed by atoms with E-state index in [9.17, 15) is 19.5 Å². The van der Waals surface area contributed by atoms with Crippen molar-refractivity contribution in [3.05, 3.63) is 35.9 Å². The van der Waals surface area contributed by atoms with Crippen molar-refractivity contribution < 1.29 is 24.2 Å². The summed E-state index contributed by atoms with van der Waals surface area (Å²) in [6, 6.07) is 8.32. The highest BCUT2D eigenvalue weighted by Crippen LogP contribution is 2.60. The van der Waals surface area contributed by atoms with Crippen LogP contribution in [-0.2, 0) is 25.7 Å². The van der Waals surface area contributed by atoms with E-state index in [1.54, 1.807) is 4.90 Å². The van der Waals surface area contributed by atoms with Crippen molar-refractivity contribution >= 4 is 33.7 Å². The molecule has 0 radical (unpaired) electrons. The summed E-state index contributed by atoms with van der Waals surface area (Å²) in [5.41, 5.74) is -0.134. The molecule has 4 fully saturated rings. The second-order valence-electron chi connectivity index (χ2n) is 11.9. The molecule has 38 heavy (non-hydrogen) atoms. The lowest BCUT2D eigenvalue weighted by atomic mass is 9.70. The monoisotopic (exact) mass is 589 g/mol. The van der Waals surface area contributed by atoms with Gasteiger partial charge in [-0.1, -0.05) is 79.4 Å². The van der Waals surface area contributed by atoms with E-state index in [-0.39, 0.29) is 41.1 Å². The number of carbonyl (C=O) groups excluding carboxylic acids is 3. The Morgan fingerprint density at radius 1 is 1.16 bits per heavy atom. The largest absolute Gasteiger partial charge is 0.394 e. The van der Waals surface area contributed by atoms with E-state index < -0.39 is 35.6 Å². The van der Waals surface area contributed by atoms with E-state index in [0.717, 1.165) is 31.2 Å². The summed E-state index contributed by atoms with van der Waals surface area (Å²) in [5.74, 6) is -1.97. The van der Waals surface area contributed by atoms with Crippen molar-refractivity contribution in [3.63, 3.8) is 0 Å². The van der Waals surface area contributed by atoms with E-state index in [4.69, 9.17) is 4.74 Å². The molecule has 3 saturated heterocycles. The summed E-state index contributed by atoms with van der Waals surface area (Å²) >= 11 is 3.72. The predicted octanol–water partition coefficient (Wildman–Crippen LogP) is 2.91. The molecule has 1 aromatic rings. The molecule has 7 atom stereocenters. The van der Waals surface area contributed by atoms with Crippen LogP contribution < -0.4 is 10.6 Å². The minimum Gasteiger partial charge on any atom is -0.394 e. The maximum absolute atomic E-state index is 14.2. The molecular formula is C29H40BrN3O5. The minimum atomic E-state index is -1.10. The number of fused-ring (bicyclic) bond motifs is 1. The Balaban J connectivity index is 1.46. The number of aliphatic hydroxyl groups is 1. The fraction of sp³-hybridized carbons (Fsp3) is 0.690. The van der Waals surface area contributed by atoms with E-state index in [0.29, 0.717) is 19.4 Å². The van der Waals surface area contributed by atoms with Gasteiger partial charge in [0.1, 0.15) is 11.6 Å². The standard InChI is InChI=1S/C29H40BrN3O5/c1-17(2)13-20(16-34)33-25(27(36)32-19-11-7-4-8-12-19)29-14-21(30)24(38-29)22(23(29)28(33)37)26(35)31-15-18-9-5-3-6-10-18/h3,5-6,9-10,17,19-25,34H,4,7-8,11-16H2,1-2H3,(H,31,35)(H,32,36)/t20-,21?,22+,23+,24+,25?,29?/m1/s1. The highest BCUT2D eigenvalue weighted by molar-refractivity contribution is 9.09. The lowest BCUT2D eigenvalue weighted by Crippen LogP contribution is -2.59. The molecule has 1 aliphatic carbocycles. The second kappa shape index (κ2) is 11.3. The van der Waals surface area contributed by atoms with Gasteiger partial charge in [0.05, 0.1) is 30.6 Å². The summed E-state index contributed by atoms with van der Waals surface area (Å²) < 4.78 is 6.59. The average Bonchev–Trinajstić information content (AvgIpc) is 3.50. The number of alkyl halides is 1. The van der Waals surface area contributed by atoms with Gasteiger partial charge in [0.2, 0.25) is 17.7 Å². The van der Waals surface area contributed by atoms with Crippen molar-refractivity contribution in [2.24, 2.45) is 17.8 Å². The van der Waals surface area contributed by atoms with Crippen LogP contribution in [0.25, 0.3) is 0 Å². The average molecular weight is 591 g/mol. The third kappa shape index (κ3) is 4.90. The van der Waals surface area contributed by atoms with Crippen LogP contribution in [0.4, 0.5) is 0 Å². The molecule has 3 unspecified atom stereocenters. The van der Waals surface area contributed by atoms with E-state index in [2.05, 4.69) is 26.6 Å².